The van der Waals surface area contributed by atoms with Gasteiger partial charge in [0.25, 0.3) is 0 Å². The van der Waals surface area contributed by atoms with Crippen molar-refractivity contribution in [3.8, 4) is 0 Å². The summed E-state index contributed by atoms with van der Waals surface area (Å²) in [5, 5.41) is 2.84. The predicted octanol–water partition coefficient (Wildman–Crippen LogP) is 1.45. The molecule has 0 spiro atoms. The fourth-order valence-electron chi connectivity index (χ4n) is 2.08. The van der Waals surface area contributed by atoms with E-state index in [0.717, 1.165) is 30.3 Å². The summed E-state index contributed by atoms with van der Waals surface area (Å²) in [5.74, 6) is -0.114. The smallest absolute Gasteiger partial charge is 0.244 e. The lowest BCUT2D eigenvalue weighted by atomic mass is 9.77. The normalized spacial score (nSPS) is 17.2. The van der Waals surface area contributed by atoms with Crippen molar-refractivity contribution in [2.45, 2.75) is 24.8 Å². The molecule has 1 heterocycles. The second kappa shape index (κ2) is 4.03. The minimum absolute atomic E-state index is 0.114. The highest BCUT2D eigenvalue weighted by molar-refractivity contribution is 5.99. The van der Waals surface area contributed by atoms with E-state index in [1.165, 1.54) is 0 Å². The number of amides is 1. The third-order valence-electron chi connectivity index (χ3n) is 3.43. The number of hydrogen-bond donors (Lipinski definition) is 2. The molecule has 0 saturated heterocycles. The lowest BCUT2D eigenvalue weighted by Gasteiger charge is -2.36. The Labute approximate surface area is 104 Å². The van der Waals surface area contributed by atoms with Crippen LogP contribution in [0.4, 0.5) is 5.69 Å². The van der Waals surface area contributed by atoms with Crippen molar-refractivity contribution < 1.29 is 4.79 Å². The molecule has 5 heteroatoms. The van der Waals surface area contributed by atoms with Crippen LogP contribution < -0.4 is 11.1 Å². The van der Waals surface area contributed by atoms with E-state index in [1.54, 1.807) is 12.4 Å². The van der Waals surface area contributed by atoms with Gasteiger partial charge in [-0.15, -0.1) is 0 Å². The summed E-state index contributed by atoms with van der Waals surface area (Å²) in [4.78, 5) is 20.4. The molecule has 92 valence electrons. The van der Waals surface area contributed by atoms with Crippen LogP contribution in [-0.2, 0) is 4.79 Å². The third-order valence-corrected chi connectivity index (χ3v) is 3.43. The van der Waals surface area contributed by atoms with Crippen LogP contribution >= 0.6 is 0 Å². The number of hydrogen-bond acceptors (Lipinski definition) is 4. The summed E-state index contributed by atoms with van der Waals surface area (Å²) in [7, 11) is 0. The van der Waals surface area contributed by atoms with Gasteiger partial charge < -0.3 is 11.1 Å². The zero-order valence-electron chi connectivity index (χ0n) is 9.89. The molecule has 0 radical (unpaired) electrons. The summed E-state index contributed by atoms with van der Waals surface area (Å²) in [6, 6.07) is 5.46. The molecule has 1 amide bonds. The molecule has 3 N–H and O–H groups in total. The van der Waals surface area contributed by atoms with E-state index in [0.29, 0.717) is 5.69 Å². The summed E-state index contributed by atoms with van der Waals surface area (Å²) < 4.78 is 0. The van der Waals surface area contributed by atoms with Crippen molar-refractivity contribution in [3.63, 3.8) is 0 Å². The van der Waals surface area contributed by atoms with Gasteiger partial charge in [0.15, 0.2) is 0 Å². The van der Waals surface area contributed by atoms with Gasteiger partial charge in [-0.2, -0.15) is 0 Å². The van der Waals surface area contributed by atoms with E-state index in [1.807, 2.05) is 18.2 Å². The van der Waals surface area contributed by atoms with Crippen molar-refractivity contribution in [1.82, 2.24) is 9.97 Å². The predicted molar refractivity (Wildman–Crippen MR) is 68.9 cm³/mol. The maximum Gasteiger partial charge on any atom is 0.244 e. The second-order valence-corrected chi connectivity index (χ2v) is 4.72. The van der Waals surface area contributed by atoms with E-state index in [4.69, 9.17) is 5.73 Å². The molecule has 1 aliphatic rings. The Balaban J connectivity index is 1.84. The molecule has 1 fully saturated rings. The number of anilines is 1. The third kappa shape index (κ3) is 1.82. The number of aromatic nitrogens is 2. The summed E-state index contributed by atoms with van der Waals surface area (Å²) in [6.45, 7) is 0. The Hall–Kier alpha value is -2.01. The lowest BCUT2D eigenvalue weighted by Crippen LogP contribution is -2.56. The van der Waals surface area contributed by atoms with Gasteiger partial charge in [-0.25, -0.2) is 0 Å². The minimum Gasteiger partial charge on any atom is -0.324 e. The quantitative estimate of drug-likeness (QED) is 0.835. The Morgan fingerprint density at radius 3 is 2.61 bits per heavy atom. The van der Waals surface area contributed by atoms with Crippen LogP contribution in [0.5, 0.6) is 0 Å². The fraction of sp³-hybridized carbons (Fsp3) is 0.308. The van der Waals surface area contributed by atoms with E-state index in [9.17, 15) is 4.79 Å². The van der Waals surface area contributed by atoms with Gasteiger partial charge in [-0.3, -0.25) is 14.8 Å². The van der Waals surface area contributed by atoms with E-state index in [-0.39, 0.29) is 5.91 Å². The first kappa shape index (κ1) is 11.1. The van der Waals surface area contributed by atoms with Gasteiger partial charge in [0.1, 0.15) is 0 Å². The number of rotatable bonds is 2. The zero-order chi connectivity index (χ0) is 12.6. The molecule has 1 aromatic carbocycles. The lowest BCUT2D eigenvalue weighted by molar-refractivity contribution is -0.123. The molecular formula is C13H14N4O. The molecule has 1 aromatic heterocycles. The van der Waals surface area contributed by atoms with Crippen molar-refractivity contribution in [1.29, 1.82) is 0 Å². The van der Waals surface area contributed by atoms with Crippen molar-refractivity contribution in [3.05, 3.63) is 30.6 Å². The zero-order valence-corrected chi connectivity index (χ0v) is 9.89. The fourth-order valence-corrected chi connectivity index (χ4v) is 2.08. The van der Waals surface area contributed by atoms with Crippen molar-refractivity contribution >= 4 is 22.6 Å². The molecule has 0 aliphatic heterocycles. The number of nitrogens with one attached hydrogen (secondary N) is 1. The minimum atomic E-state index is -0.683. The molecule has 5 nitrogen and oxygen atoms in total. The Kier molecular flexibility index (Phi) is 2.48. The molecule has 3 rings (SSSR count). The van der Waals surface area contributed by atoms with Crippen molar-refractivity contribution in [2.75, 3.05) is 5.32 Å². The number of carbonyl (C=O) groups excluding carboxylic acids is 1. The van der Waals surface area contributed by atoms with Crippen LogP contribution in [0, 0.1) is 0 Å². The van der Waals surface area contributed by atoms with E-state index >= 15 is 0 Å². The molecule has 0 atom stereocenters. The average Bonchev–Trinajstić information content (AvgIpc) is 2.35. The maximum atomic E-state index is 12.0. The van der Waals surface area contributed by atoms with Crippen LogP contribution in [0.1, 0.15) is 19.3 Å². The summed E-state index contributed by atoms with van der Waals surface area (Å²) in [6.07, 6.45) is 5.81. The molecule has 18 heavy (non-hydrogen) atoms. The number of benzene rings is 1. The van der Waals surface area contributed by atoms with Crippen molar-refractivity contribution in [2.24, 2.45) is 5.73 Å². The molecule has 1 saturated carbocycles. The van der Waals surface area contributed by atoms with Gasteiger partial charge in [0, 0.05) is 18.1 Å². The first-order valence-corrected chi connectivity index (χ1v) is 5.98. The maximum absolute atomic E-state index is 12.0. The average molecular weight is 242 g/mol. The van der Waals surface area contributed by atoms with Gasteiger partial charge in [-0.1, -0.05) is 0 Å². The Morgan fingerprint density at radius 1 is 1.22 bits per heavy atom. The van der Waals surface area contributed by atoms with E-state index in [2.05, 4.69) is 15.3 Å². The molecular weight excluding hydrogens is 228 g/mol. The van der Waals surface area contributed by atoms with Crippen LogP contribution in [0.15, 0.2) is 30.6 Å². The highest BCUT2D eigenvalue weighted by Gasteiger charge is 2.40. The molecule has 1 aliphatic carbocycles. The number of fused-ring (bicyclic) bond motifs is 1. The molecule has 2 aromatic rings. The standard InChI is InChI=1S/C13H14N4O/c14-13(4-1-5-13)12(18)17-9-2-3-10-11(8-9)16-7-6-15-10/h2-3,6-8H,1,4-5,14H2,(H,17,18). The van der Waals surface area contributed by atoms with Crippen LogP contribution in [0.25, 0.3) is 11.0 Å². The largest absolute Gasteiger partial charge is 0.324 e. The number of nitrogens with two attached hydrogens (primary N) is 1. The van der Waals surface area contributed by atoms with E-state index < -0.39 is 5.54 Å². The van der Waals surface area contributed by atoms with Gasteiger partial charge in [0.2, 0.25) is 5.91 Å². The topological polar surface area (TPSA) is 80.9 Å². The summed E-state index contributed by atoms with van der Waals surface area (Å²) >= 11 is 0. The number of carbonyl (C=O) groups is 1. The Morgan fingerprint density at radius 2 is 1.94 bits per heavy atom. The Bertz CT molecular complexity index is 607. The van der Waals surface area contributed by atoms with Gasteiger partial charge in [-0.05, 0) is 37.5 Å². The van der Waals surface area contributed by atoms with Crippen LogP contribution in [-0.4, -0.2) is 21.4 Å². The van der Waals surface area contributed by atoms with Crippen LogP contribution in [0.2, 0.25) is 0 Å². The molecule has 0 unspecified atom stereocenters. The van der Waals surface area contributed by atoms with Gasteiger partial charge in [0.05, 0.1) is 16.6 Å². The first-order valence-electron chi connectivity index (χ1n) is 5.98. The molecule has 0 bridgehead atoms. The first-order chi connectivity index (χ1) is 8.67. The highest BCUT2D eigenvalue weighted by Crippen LogP contribution is 2.30. The van der Waals surface area contributed by atoms with Crippen LogP contribution in [0.3, 0.4) is 0 Å². The SMILES string of the molecule is NC1(C(=O)Nc2ccc3nccnc3c2)CCC1. The highest BCUT2D eigenvalue weighted by atomic mass is 16.2. The number of nitrogens with zero attached hydrogens (tertiary/aromatic N) is 2. The summed E-state index contributed by atoms with van der Waals surface area (Å²) in [5.41, 5.74) is 7.56. The monoisotopic (exact) mass is 242 g/mol. The second-order valence-electron chi connectivity index (χ2n) is 4.72. The van der Waals surface area contributed by atoms with Gasteiger partial charge >= 0.3 is 0 Å².